The quantitative estimate of drug-likeness (QED) is 0.535. The smallest absolute Gasteiger partial charge is 0.302 e. The summed E-state index contributed by atoms with van der Waals surface area (Å²) in [4.78, 5) is 23.7. The normalized spacial score (nSPS) is 44.4. The summed E-state index contributed by atoms with van der Waals surface area (Å²) in [6, 6.07) is 0. The van der Waals surface area contributed by atoms with E-state index in [-0.39, 0.29) is 17.2 Å². The van der Waals surface area contributed by atoms with Gasteiger partial charge in [-0.2, -0.15) is 0 Å². The Morgan fingerprint density at radius 1 is 1.23 bits per heavy atom. The van der Waals surface area contributed by atoms with E-state index in [1.54, 1.807) is 0 Å². The van der Waals surface area contributed by atoms with Gasteiger partial charge in [0.15, 0.2) is 5.78 Å². The van der Waals surface area contributed by atoms with Gasteiger partial charge in [-0.3, -0.25) is 9.59 Å². The molecule has 0 bridgehead atoms. The zero-order chi connectivity index (χ0) is 18.5. The van der Waals surface area contributed by atoms with Crippen molar-refractivity contribution in [2.24, 2.45) is 34.5 Å². The molecule has 0 saturated heterocycles. The van der Waals surface area contributed by atoms with Crippen molar-refractivity contribution in [1.82, 2.24) is 0 Å². The van der Waals surface area contributed by atoms with Crippen LogP contribution in [0.15, 0.2) is 24.3 Å². The highest BCUT2D eigenvalue weighted by Crippen LogP contribution is 2.66. The predicted octanol–water partition coefficient (Wildman–Crippen LogP) is 4.86. The Bertz CT molecular complexity index is 662. The second-order valence-electron chi connectivity index (χ2n) is 9.45. The summed E-state index contributed by atoms with van der Waals surface area (Å²) < 4.78 is 5.60. The van der Waals surface area contributed by atoms with Gasteiger partial charge < -0.3 is 4.74 Å². The van der Waals surface area contributed by atoms with Gasteiger partial charge in [0.2, 0.25) is 0 Å². The third kappa shape index (κ3) is 2.53. The van der Waals surface area contributed by atoms with Gasteiger partial charge in [-0.05, 0) is 80.1 Å². The van der Waals surface area contributed by atoms with Crippen LogP contribution in [-0.2, 0) is 14.3 Å². The summed E-state index contributed by atoms with van der Waals surface area (Å²) in [5, 5.41) is 0. The first-order chi connectivity index (χ1) is 12.4. The molecule has 0 N–H and O–H groups in total. The summed E-state index contributed by atoms with van der Waals surface area (Å²) in [7, 11) is 0. The molecule has 0 aromatic rings. The van der Waals surface area contributed by atoms with E-state index in [9.17, 15) is 9.59 Å². The predicted molar refractivity (Wildman–Crippen MR) is 101 cm³/mol. The molecule has 3 saturated carbocycles. The molecule has 0 aromatic heterocycles. The topological polar surface area (TPSA) is 43.4 Å². The lowest BCUT2D eigenvalue weighted by Crippen LogP contribution is -2.53. The van der Waals surface area contributed by atoms with Crippen LogP contribution in [0.1, 0.15) is 65.2 Å². The third-order valence-electron chi connectivity index (χ3n) is 8.58. The Kier molecular flexibility index (Phi) is 4.40. The molecule has 4 aliphatic rings. The van der Waals surface area contributed by atoms with Crippen molar-refractivity contribution in [2.45, 2.75) is 65.2 Å². The second-order valence-corrected chi connectivity index (χ2v) is 9.45. The zero-order valence-electron chi connectivity index (χ0n) is 16.3. The van der Waals surface area contributed by atoms with Gasteiger partial charge in [0.25, 0.3) is 0 Å². The van der Waals surface area contributed by atoms with E-state index in [2.05, 4.69) is 19.6 Å². The summed E-state index contributed by atoms with van der Waals surface area (Å²) >= 11 is 0. The average Bonchev–Trinajstić information content (AvgIpc) is 2.96. The van der Waals surface area contributed by atoms with Crippen molar-refractivity contribution >= 4 is 11.8 Å². The van der Waals surface area contributed by atoms with Crippen LogP contribution < -0.4 is 0 Å². The Balaban J connectivity index is 1.69. The van der Waals surface area contributed by atoms with Gasteiger partial charge in [-0.15, -0.1) is 6.58 Å². The lowest BCUT2D eigenvalue weighted by atomic mass is 9.46. The van der Waals surface area contributed by atoms with Crippen LogP contribution >= 0.6 is 0 Å². The highest BCUT2D eigenvalue weighted by Gasteiger charge is 2.60. The molecular formula is C23H32O3. The van der Waals surface area contributed by atoms with E-state index in [0.29, 0.717) is 36.2 Å². The standard InChI is InChI=1S/C23H32O3/c1-4-16-6-8-20-19-7-5-17-13-18(25)9-12-23(17,14-26-15(2)24)21(19)10-11-22(16,20)3/h4,13,16,19-21H,1,5-12,14H2,2-3H3. The van der Waals surface area contributed by atoms with Crippen LogP contribution in [0, 0.1) is 34.5 Å². The van der Waals surface area contributed by atoms with E-state index in [0.717, 1.165) is 18.8 Å². The maximum absolute atomic E-state index is 12.1. The molecule has 0 heterocycles. The molecule has 0 spiro atoms. The molecule has 142 valence electrons. The van der Waals surface area contributed by atoms with Crippen molar-refractivity contribution in [1.29, 1.82) is 0 Å². The maximum atomic E-state index is 12.1. The SMILES string of the molecule is C=CC1CCC2C3CCC4=CC(=O)CCC4(COC(C)=O)C3CCC12C. The first-order valence-corrected chi connectivity index (χ1v) is 10.4. The number of carbonyl (C=O) groups excluding carboxylic acids is 2. The fourth-order valence-electron chi connectivity index (χ4n) is 7.29. The highest BCUT2D eigenvalue weighted by molar-refractivity contribution is 5.91. The van der Waals surface area contributed by atoms with Gasteiger partial charge in [-0.25, -0.2) is 0 Å². The van der Waals surface area contributed by atoms with Crippen LogP contribution in [-0.4, -0.2) is 18.4 Å². The zero-order valence-corrected chi connectivity index (χ0v) is 16.3. The van der Waals surface area contributed by atoms with Crippen molar-refractivity contribution in [3.05, 3.63) is 24.3 Å². The van der Waals surface area contributed by atoms with E-state index in [4.69, 9.17) is 4.74 Å². The number of fused-ring (bicyclic) bond motifs is 5. The minimum atomic E-state index is -0.203. The molecule has 3 nitrogen and oxygen atoms in total. The number of hydrogen-bond acceptors (Lipinski definition) is 3. The minimum Gasteiger partial charge on any atom is -0.465 e. The van der Waals surface area contributed by atoms with E-state index in [1.165, 1.54) is 44.6 Å². The minimum absolute atomic E-state index is 0.0872. The Morgan fingerprint density at radius 2 is 2.04 bits per heavy atom. The summed E-state index contributed by atoms with van der Waals surface area (Å²) in [6.07, 6.45) is 12.7. The van der Waals surface area contributed by atoms with Crippen LogP contribution in [0.25, 0.3) is 0 Å². The van der Waals surface area contributed by atoms with Crippen molar-refractivity contribution in [3.8, 4) is 0 Å². The number of carbonyl (C=O) groups is 2. The molecule has 0 aliphatic heterocycles. The van der Waals surface area contributed by atoms with Crippen molar-refractivity contribution in [2.75, 3.05) is 6.61 Å². The van der Waals surface area contributed by atoms with Crippen LogP contribution in [0.4, 0.5) is 0 Å². The van der Waals surface area contributed by atoms with Gasteiger partial charge in [0.1, 0.15) is 6.61 Å². The first-order valence-electron chi connectivity index (χ1n) is 10.4. The number of ketones is 1. The number of allylic oxidation sites excluding steroid dienone is 1. The van der Waals surface area contributed by atoms with E-state index < -0.39 is 0 Å². The third-order valence-corrected chi connectivity index (χ3v) is 8.58. The largest absolute Gasteiger partial charge is 0.465 e. The number of ether oxygens (including phenoxy) is 1. The summed E-state index contributed by atoms with van der Waals surface area (Å²) in [6.45, 7) is 8.57. The van der Waals surface area contributed by atoms with Crippen molar-refractivity contribution in [3.63, 3.8) is 0 Å². The molecule has 6 unspecified atom stereocenters. The van der Waals surface area contributed by atoms with Crippen molar-refractivity contribution < 1.29 is 14.3 Å². The van der Waals surface area contributed by atoms with Gasteiger partial charge in [0, 0.05) is 18.8 Å². The highest BCUT2D eigenvalue weighted by atomic mass is 16.5. The Labute approximate surface area is 157 Å². The number of hydrogen-bond donors (Lipinski definition) is 0. The number of esters is 1. The van der Waals surface area contributed by atoms with Crippen LogP contribution in [0.3, 0.4) is 0 Å². The molecule has 6 atom stereocenters. The monoisotopic (exact) mass is 356 g/mol. The molecular weight excluding hydrogens is 324 g/mol. The average molecular weight is 357 g/mol. The van der Waals surface area contributed by atoms with Gasteiger partial charge >= 0.3 is 5.97 Å². The van der Waals surface area contributed by atoms with E-state index >= 15 is 0 Å². The Hall–Kier alpha value is -1.38. The molecule has 26 heavy (non-hydrogen) atoms. The fourth-order valence-corrected chi connectivity index (χ4v) is 7.29. The summed E-state index contributed by atoms with van der Waals surface area (Å²) in [5.74, 6) is 2.69. The second kappa shape index (κ2) is 6.35. The molecule has 4 rings (SSSR count). The number of rotatable bonds is 3. The van der Waals surface area contributed by atoms with Gasteiger partial charge in [-0.1, -0.05) is 18.6 Å². The molecule has 3 fully saturated rings. The lowest BCUT2D eigenvalue weighted by molar-refractivity contribution is -0.149. The van der Waals surface area contributed by atoms with Crippen LogP contribution in [0.5, 0.6) is 0 Å². The Morgan fingerprint density at radius 3 is 2.77 bits per heavy atom. The molecule has 0 aromatic carbocycles. The van der Waals surface area contributed by atoms with E-state index in [1.807, 2.05) is 6.08 Å². The first kappa shape index (κ1) is 18.0. The van der Waals surface area contributed by atoms with Gasteiger partial charge in [0.05, 0.1) is 0 Å². The molecule has 3 heteroatoms. The molecule has 0 amide bonds. The summed E-state index contributed by atoms with van der Waals surface area (Å²) in [5.41, 5.74) is 1.57. The maximum Gasteiger partial charge on any atom is 0.302 e. The molecule has 0 radical (unpaired) electrons. The molecule has 4 aliphatic carbocycles. The van der Waals surface area contributed by atoms with Crippen LogP contribution in [0.2, 0.25) is 0 Å². The fraction of sp³-hybridized carbons (Fsp3) is 0.739. The lowest BCUT2D eigenvalue weighted by Gasteiger charge is -2.58.